The normalized spacial score (nSPS) is 12.1. The monoisotopic (exact) mass is 287 g/mol. The van der Waals surface area contributed by atoms with Gasteiger partial charge >= 0.3 is 5.97 Å². The van der Waals surface area contributed by atoms with E-state index in [1.807, 2.05) is 29.7 Å². The van der Waals surface area contributed by atoms with Gasteiger partial charge in [0.1, 0.15) is 11.6 Å². The number of carbonyl (C=O) groups is 1. The predicted octanol–water partition coefficient (Wildman–Crippen LogP) is 2.62. The molecule has 0 aliphatic heterocycles. The molecule has 21 heavy (non-hydrogen) atoms. The molecule has 0 saturated carbocycles. The fraction of sp³-hybridized carbons (Fsp3) is 0.375. The van der Waals surface area contributed by atoms with Crippen molar-refractivity contribution in [2.24, 2.45) is 0 Å². The lowest BCUT2D eigenvalue weighted by molar-refractivity contribution is 0.0595. The van der Waals surface area contributed by atoms with E-state index in [-0.39, 0.29) is 11.7 Å². The van der Waals surface area contributed by atoms with Crippen LogP contribution in [0.5, 0.6) is 0 Å². The second-order valence-electron chi connectivity index (χ2n) is 5.02. The van der Waals surface area contributed by atoms with E-state index in [2.05, 4.69) is 24.0 Å². The van der Waals surface area contributed by atoms with Gasteiger partial charge in [-0.3, -0.25) is 0 Å². The highest BCUT2D eigenvalue weighted by Crippen LogP contribution is 2.24. The average Bonchev–Trinajstić information content (AvgIpc) is 2.84. The second-order valence-corrected chi connectivity index (χ2v) is 5.02. The molecule has 5 heteroatoms. The molecular weight excluding hydrogens is 266 g/mol. The summed E-state index contributed by atoms with van der Waals surface area (Å²) >= 11 is 0. The Morgan fingerprint density at radius 1 is 1.38 bits per heavy atom. The van der Waals surface area contributed by atoms with E-state index in [1.165, 1.54) is 12.7 Å². The quantitative estimate of drug-likeness (QED) is 0.858. The fourth-order valence-electron chi connectivity index (χ4n) is 2.53. The maximum Gasteiger partial charge on any atom is 0.360 e. The zero-order valence-electron chi connectivity index (χ0n) is 12.7. The SMILES string of the molecule is CCc1nc(C(=O)OC)c(N)n1C(C)Cc1ccccc1. The minimum Gasteiger partial charge on any atom is -0.464 e. The maximum atomic E-state index is 11.7. The lowest BCUT2D eigenvalue weighted by Crippen LogP contribution is -2.15. The van der Waals surface area contributed by atoms with E-state index in [0.29, 0.717) is 12.2 Å². The van der Waals surface area contributed by atoms with Crippen LogP contribution in [0.2, 0.25) is 0 Å². The number of nitrogens with zero attached hydrogens (tertiary/aromatic N) is 2. The van der Waals surface area contributed by atoms with E-state index >= 15 is 0 Å². The van der Waals surface area contributed by atoms with E-state index in [0.717, 1.165) is 12.2 Å². The first-order chi connectivity index (χ1) is 10.1. The predicted molar refractivity (Wildman–Crippen MR) is 82.2 cm³/mol. The molecule has 0 fully saturated rings. The second kappa shape index (κ2) is 6.43. The Balaban J connectivity index is 2.33. The van der Waals surface area contributed by atoms with Crippen molar-refractivity contribution in [3.05, 3.63) is 47.4 Å². The van der Waals surface area contributed by atoms with Crippen LogP contribution in [0.3, 0.4) is 0 Å². The summed E-state index contributed by atoms with van der Waals surface area (Å²) in [6.07, 6.45) is 1.54. The highest BCUT2D eigenvalue weighted by Gasteiger charge is 2.23. The molecule has 1 heterocycles. The number of carbonyl (C=O) groups excluding carboxylic acids is 1. The number of nitrogens with two attached hydrogens (primary N) is 1. The number of anilines is 1. The van der Waals surface area contributed by atoms with Crippen LogP contribution in [-0.2, 0) is 17.6 Å². The van der Waals surface area contributed by atoms with Crippen LogP contribution in [0.15, 0.2) is 30.3 Å². The van der Waals surface area contributed by atoms with Gasteiger partial charge in [-0.15, -0.1) is 0 Å². The molecule has 2 N–H and O–H groups in total. The molecule has 0 amide bonds. The van der Waals surface area contributed by atoms with Crippen LogP contribution in [0, 0.1) is 0 Å². The van der Waals surface area contributed by atoms with Crippen LogP contribution >= 0.6 is 0 Å². The van der Waals surface area contributed by atoms with Crippen molar-refractivity contribution >= 4 is 11.8 Å². The standard InChI is InChI=1S/C16H21N3O2/c1-4-13-18-14(16(20)21-3)15(17)19(13)11(2)10-12-8-6-5-7-9-12/h5-9,11H,4,10,17H2,1-3H3. The zero-order valence-corrected chi connectivity index (χ0v) is 12.7. The van der Waals surface area contributed by atoms with Gasteiger partial charge in [0.2, 0.25) is 0 Å². The number of ether oxygens (including phenoxy) is 1. The number of rotatable bonds is 5. The zero-order chi connectivity index (χ0) is 15.4. The molecule has 0 aliphatic rings. The maximum absolute atomic E-state index is 11.7. The molecule has 1 aromatic carbocycles. The van der Waals surface area contributed by atoms with Gasteiger partial charge in [0.05, 0.1) is 7.11 Å². The molecule has 2 aromatic rings. The first-order valence-electron chi connectivity index (χ1n) is 7.07. The summed E-state index contributed by atoms with van der Waals surface area (Å²) in [6, 6.07) is 10.3. The summed E-state index contributed by atoms with van der Waals surface area (Å²) in [5.41, 5.74) is 7.54. The van der Waals surface area contributed by atoms with Crippen molar-refractivity contribution < 1.29 is 9.53 Å². The van der Waals surface area contributed by atoms with Crippen molar-refractivity contribution in [3.8, 4) is 0 Å². The number of aromatic nitrogens is 2. The number of nitrogen functional groups attached to an aromatic ring is 1. The number of hydrogen-bond donors (Lipinski definition) is 1. The third kappa shape index (κ3) is 3.07. The van der Waals surface area contributed by atoms with Crippen LogP contribution in [0.1, 0.15) is 41.8 Å². The summed E-state index contributed by atoms with van der Waals surface area (Å²) in [5, 5.41) is 0. The highest BCUT2D eigenvalue weighted by atomic mass is 16.5. The summed E-state index contributed by atoms with van der Waals surface area (Å²) in [7, 11) is 1.33. The molecule has 5 nitrogen and oxygen atoms in total. The highest BCUT2D eigenvalue weighted by molar-refractivity contribution is 5.92. The van der Waals surface area contributed by atoms with Gasteiger partial charge in [0.25, 0.3) is 0 Å². The minimum atomic E-state index is -0.493. The van der Waals surface area contributed by atoms with Gasteiger partial charge in [-0.1, -0.05) is 37.3 Å². The third-order valence-corrected chi connectivity index (χ3v) is 3.53. The Morgan fingerprint density at radius 3 is 2.62 bits per heavy atom. The Kier molecular flexibility index (Phi) is 4.62. The van der Waals surface area contributed by atoms with Crippen LogP contribution < -0.4 is 5.73 Å². The Hall–Kier alpha value is -2.30. The molecule has 112 valence electrons. The summed E-state index contributed by atoms with van der Waals surface area (Å²) in [6.45, 7) is 4.07. The average molecular weight is 287 g/mol. The van der Waals surface area contributed by atoms with E-state index in [9.17, 15) is 4.79 Å². The molecule has 0 aliphatic carbocycles. The Bertz CT molecular complexity index is 620. The van der Waals surface area contributed by atoms with Crippen molar-refractivity contribution in [1.82, 2.24) is 9.55 Å². The van der Waals surface area contributed by atoms with Gasteiger partial charge in [0, 0.05) is 12.5 Å². The molecule has 0 spiro atoms. The fourth-order valence-corrected chi connectivity index (χ4v) is 2.53. The first-order valence-corrected chi connectivity index (χ1v) is 7.07. The Labute approximate surface area is 124 Å². The number of methoxy groups -OCH3 is 1. The van der Waals surface area contributed by atoms with E-state index in [1.54, 1.807) is 0 Å². The van der Waals surface area contributed by atoms with E-state index < -0.39 is 5.97 Å². The molecular formula is C16H21N3O2. The van der Waals surface area contributed by atoms with Gasteiger partial charge in [-0.25, -0.2) is 9.78 Å². The van der Waals surface area contributed by atoms with Crippen molar-refractivity contribution in [3.63, 3.8) is 0 Å². The van der Waals surface area contributed by atoms with Gasteiger partial charge in [-0.05, 0) is 18.9 Å². The molecule has 0 saturated heterocycles. The van der Waals surface area contributed by atoms with Crippen molar-refractivity contribution in [1.29, 1.82) is 0 Å². The smallest absolute Gasteiger partial charge is 0.360 e. The third-order valence-electron chi connectivity index (χ3n) is 3.53. The minimum absolute atomic E-state index is 0.119. The molecule has 0 bridgehead atoms. The lowest BCUT2D eigenvalue weighted by Gasteiger charge is -2.18. The summed E-state index contributed by atoms with van der Waals surface area (Å²) in [4.78, 5) is 16.0. The summed E-state index contributed by atoms with van der Waals surface area (Å²) < 4.78 is 6.66. The largest absolute Gasteiger partial charge is 0.464 e. The molecule has 0 radical (unpaired) electrons. The van der Waals surface area contributed by atoms with Crippen molar-refractivity contribution in [2.45, 2.75) is 32.7 Å². The van der Waals surface area contributed by atoms with Crippen molar-refractivity contribution in [2.75, 3.05) is 12.8 Å². The number of hydrogen-bond acceptors (Lipinski definition) is 4. The van der Waals surface area contributed by atoms with Crippen LogP contribution in [0.25, 0.3) is 0 Å². The van der Waals surface area contributed by atoms with Crippen LogP contribution in [0.4, 0.5) is 5.82 Å². The topological polar surface area (TPSA) is 70.1 Å². The first kappa shape index (κ1) is 15.1. The van der Waals surface area contributed by atoms with Gasteiger partial charge in [0.15, 0.2) is 5.69 Å². The number of esters is 1. The molecule has 1 atom stereocenters. The molecule has 1 aromatic heterocycles. The number of benzene rings is 1. The number of aryl methyl sites for hydroxylation is 1. The summed E-state index contributed by atoms with van der Waals surface area (Å²) in [5.74, 6) is 0.686. The molecule has 1 unspecified atom stereocenters. The van der Waals surface area contributed by atoms with Crippen LogP contribution in [-0.4, -0.2) is 22.6 Å². The molecule has 2 rings (SSSR count). The van der Waals surface area contributed by atoms with Gasteiger partial charge < -0.3 is 15.0 Å². The lowest BCUT2D eigenvalue weighted by atomic mass is 10.1. The number of imidazole rings is 1. The Morgan fingerprint density at radius 2 is 2.05 bits per heavy atom. The van der Waals surface area contributed by atoms with Gasteiger partial charge in [-0.2, -0.15) is 0 Å². The van der Waals surface area contributed by atoms with E-state index in [4.69, 9.17) is 10.5 Å².